The number of furan rings is 1. The quantitative estimate of drug-likeness (QED) is 0.900. The molecule has 0 radical (unpaired) electrons. The maximum absolute atomic E-state index is 12.2. The van der Waals surface area contributed by atoms with Crippen molar-refractivity contribution in [1.29, 1.82) is 0 Å². The first kappa shape index (κ1) is 12.9. The van der Waals surface area contributed by atoms with Gasteiger partial charge in [0.2, 0.25) is 0 Å². The summed E-state index contributed by atoms with van der Waals surface area (Å²) in [6, 6.07) is 11.2. The number of aliphatic hydroxyl groups excluding tert-OH is 1. The van der Waals surface area contributed by atoms with E-state index >= 15 is 0 Å². The number of amides is 1. The molecule has 0 saturated heterocycles. The SMILES string of the molecule is O=C(N[C@@H]1c2ccccc2CC[C@@H]1CO)c1ccco1. The average Bonchev–Trinajstić information content (AvgIpc) is 3.02. The first-order valence-electron chi connectivity index (χ1n) is 6.82. The van der Waals surface area contributed by atoms with Crippen LogP contribution in [0.2, 0.25) is 0 Å². The van der Waals surface area contributed by atoms with Crippen molar-refractivity contribution in [3.05, 3.63) is 59.5 Å². The third-order valence-corrected chi connectivity index (χ3v) is 3.91. The predicted octanol–water partition coefficient (Wildman–Crippen LogP) is 2.31. The molecule has 1 aliphatic rings. The molecule has 2 aromatic rings. The predicted molar refractivity (Wildman–Crippen MR) is 74.3 cm³/mol. The minimum atomic E-state index is -0.241. The normalized spacial score (nSPS) is 21.2. The van der Waals surface area contributed by atoms with Crippen molar-refractivity contribution in [2.24, 2.45) is 5.92 Å². The van der Waals surface area contributed by atoms with Gasteiger partial charge in [-0.2, -0.15) is 0 Å². The van der Waals surface area contributed by atoms with Crippen LogP contribution < -0.4 is 5.32 Å². The zero-order valence-electron chi connectivity index (χ0n) is 11.1. The summed E-state index contributed by atoms with van der Waals surface area (Å²) in [4.78, 5) is 12.2. The summed E-state index contributed by atoms with van der Waals surface area (Å²) in [6.45, 7) is 0.0669. The molecule has 104 valence electrons. The van der Waals surface area contributed by atoms with Gasteiger partial charge < -0.3 is 14.8 Å². The molecule has 20 heavy (non-hydrogen) atoms. The second kappa shape index (κ2) is 5.51. The molecule has 4 heteroatoms. The molecule has 0 aliphatic heterocycles. The fraction of sp³-hybridized carbons (Fsp3) is 0.312. The summed E-state index contributed by atoms with van der Waals surface area (Å²) in [5, 5.41) is 12.5. The summed E-state index contributed by atoms with van der Waals surface area (Å²) in [5.74, 6) is 0.101. The van der Waals surface area contributed by atoms with Crippen LogP contribution in [0.4, 0.5) is 0 Å². The van der Waals surface area contributed by atoms with E-state index in [4.69, 9.17) is 4.42 Å². The molecule has 2 N–H and O–H groups in total. The van der Waals surface area contributed by atoms with E-state index in [-0.39, 0.29) is 24.5 Å². The molecule has 0 unspecified atom stereocenters. The number of fused-ring (bicyclic) bond motifs is 1. The Hall–Kier alpha value is -2.07. The molecule has 0 spiro atoms. The van der Waals surface area contributed by atoms with Crippen LogP contribution in [-0.4, -0.2) is 17.6 Å². The molecular weight excluding hydrogens is 254 g/mol. The Morgan fingerprint density at radius 1 is 1.30 bits per heavy atom. The van der Waals surface area contributed by atoms with Gasteiger partial charge in [0.1, 0.15) is 0 Å². The minimum Gasteiger partial charge on any atom is -0.459 e. The van der Waals surface area contributed by atoms with Gasteiger partial charge in [-0.3, -0.25) is 4.79 Å². The molecule has 0 bridgehead atoms. The standard InChI is InChI=1S/C16H17NO3/c18-10-12-8-7-11-4-1-2-5-13(11)15(12)17-16(19)14-6-3-9-20-14/h1-6,9,12,15,18H,7-8,10H2,(H,17,19)/t12-,15+/m1/s1. The van der Waals surface area contributed by atoms with Gasteiger partial charge in [0, 0.05) is 12.5 Å². The van der Waals surface area contributed by atoms with E-state index in [1.54, 1.807) is 12.1 Å². The van der Waals surface area contributed by atoms with E-state index in [9.17, 15) is 9.90 Å². The maximum Gasteiger partial charge on any atom is 0.287 e. The van der Waals surface area contributed by atoms with Crippen molar-refractivity contribution in [2.45, 2.75) is 18.9 Å². The summed E-state index contributed by atoms with van der Waals surface area (Å²) in [5.41, 5.74) is 2.33. The Bertz CT molecular complexity index is 592. The molecule has 0 fully saturated rings. The molecule has 1 amide bonds. The summed E-state index contributed by atoms with van der Waals surface area (Å²) >= 11 is 0. The van der Waals surface area contributed by atoms with Crippen LogP contribution in [0.25, 0.3) is 0 Å². The van der Waals surface area contributed by atoms with Crippen molar-refractivity contribution >= 4 is 5.91 Å². The highest BCUT2D eigenvalue weighted by Crippen LogP contribution is 2.34. The Morgan fingerprint density at radius 2 is 2.15 bits per heavy atom. The summed E-state index contributed by atoms with van der Waals surface area (Å²) in [6.07, 6.45) is 3.29. The zero-order valence-corrected chi connectivity index (χ0v) is 11.1. The molecule has 1 heterocycles. The lowest BCUT2D eigenvalue weighted by Gasteiger charge is -2.33. The average molecular weight is 271 g/mol. The Kier molecular flexibility index (Phi) is 3.56. The monoisotopic (exact) mass is 271 g/mol. The first-order valence-corrected chi connectivity index (χ1v) is 6.82. The minimum absolute atomic E-state index is 0.0452. The molecule has 0 saturated carbocycles. The number of nitrogens with one attached hydrogen (secondary N) is 1. The number of hydrogen-bond donors (Lipinski definition) is 2. The van der Waals surface area contributed by atoms with Crippen LogP contribution in [0.5, 0.6) is 0 Å². The number of benzene rings is 1. The van der Waals surface area contributed by atoms with Gasteiger partial charge in [-0.1, -0.05) is 24.3 Å². The number of carbonyl (C=O) groups excluding carboxylic acids is 1. The Morgan fingerprint density at radius 3 is 2.90 bits per heavy atom. The first-order chi connectivity index (χ1) is 9.79. The van der Waals surface area contributed by atoms with Gasteiger partial charge in [-0.05, 0) is 36.1 Å². The van der Waals surface area contributed by atoms with Crippen LogP contribution in [0.3, 0.4) is 0 Å². The van der Waals surface area contributed by atoms with Crippen LogP contribution in [0.1, 0.15) is 34.1 Å². The van der Waals surface area contributed by atoms with Crippen molar-refractivity contribution in [1.82, 2.24) is 5.32 Å². The molecule has 1 aromatic heterocycles. The molecule has 2 atom stereocenters. The fourth-order valence-electron chi connectivity index (χ4n) is 2.84. The van der Waals surface area contributed by atoms with Gasteiger partial charge in [-0.25, -0.2) is 0 Å². The number of rotatable bonds is 3. The maximum atomic E-state index is 12.2. The van der Waals surface area contributed by atoms with E-state index in [1.807, 2.05) is 18.2 Å². The van der Waals surface area contributed by atoms with Crippen LogP contribution in [-0.2, 0) is 6.42 Å². The molecule has 4 nitrogen and oxygen atoms in total. The van der Waals surface area contributed by atoms with Crippen molar-refractivity contribution < 1.29 is 14.3 Å². The molecular formula is C16H17NO3. The molecule has 3 rings (SSSR count). The molecule has 1 aromatic carbocycles. The largest absolute Gasteiger partial charge is 0.459 e. The van der Waals surface area contributed by atoms with E-state index in [1.165, 1.54) is 11.8 Å². The van der Waals surface area contributed by atoms with Crippen molar-refractivity contribution in [3.63, 3.8) is 0 Å². The number of carbonyl (C=O) groups is 1. The summed E-state index contributed by atoms with van der Waals surface area (Å²) in [7, 11) is 0. The third-order valence-electron chi connectivity index (χ3n) is 3.91. The van der Waals surface area contributed by atoms with Gasteiger partial charge in [0.25, 0.3) is 5.91 Å². The van der Waals surface area contributed by atoms with Gasteiger partial charge in [0.05, 0.1) is 12.3 Å². The lowest BCUT2D eigenvalue weighted by molar-refractivity contribution is 0.0865. The van der Waals surface area contributed by atoms with E-state index in [0.717, 1.165) is 18.4 Å². The number of hydrogen-bond acceptors (Lipinski definition) is 3. The van der Waals surface area contributed by atoms with E-state index in [0.29, 0.717) is 5.76 Å². The second-order valence-corrected chi connectivity index (χ2v) is 5.11. The van der Waals surface area contributed by atoms with Gasteiger partial charge >= 0.3 is 0 Å². The van der Waals surface area contributed by atoms with Crippen LogP contribution >= 0.6 is 0 Å². The van der Waals surface area contributed by atoms with E-state index < -0.39 is 0 Å². The zero-order chi connectivity index (χ0) is 13.9. The smallest absolute Gasteiger partial charge is 0.287 e. The van der Waals surface area contributed by atoms with Gasteiger partial charge in [-0.15, -0.1) is 0 Å². The Balaban J connectivity index is 1.87. The van der Waals surface area contributed by atoms with E-state index in [2.05, 4.69) is 11.4 Å². The van der Waals surface area contributed by atoms with Crippen LogP contribution in [0.15, 0.2) is 47.1 Å². The van der Waals surface area contributed by atoms with Gasteiger partial charge in [0.15, 0.2) is 5.76 Å². The highest BCUT2D eigenvalue weighted by Gasteiger charge is 2.30. The highest BCUT2D eigenvalue weighted by molar-refractivity contribution is 5.91. The molecule has 1 aliphatic carbocycles. The van der Waals surface area contributed by atoms with Crippen LogP contribution in [0, 0.1) is 5.92 Å². The number of aryl methyl sites for hydroxylation is 1. The highest BCUT2D eigenvalue weighted by atomic mass is 16.3. The number of aliphatic hydroxyl groups is 1. The lowest BCUT2D eigenvalue weighted by Crippen LogP contribution is -2.37. The lowest BCUT2D eigenvalue weighted by atomic mass is 9.80. The van der Waals surface area contributed by atoms with Crippen molar-refractivity contribution in [3.8, 4) is 0 Å². The topological polar surface area (TPSA) is 62.5 Å². The second-order valence-electron chi connectivity index (χ2n) is 5.11. The van der Waals surface area contributed by atoms with Crippen molar-refractivity contribution in [2.75, 3.05) is 6.61 Å². The Labute approximate surface area is 117 Å². The summed E-state index contributed by atoms with van der Waals surface area (Å²) < 4.78 is 5.12. The fourth-order valence-corrected chi connectivity index (χ4v) is 2.84. The third kappa shape index (κ3) is 2.34.